The van der Waals surface area contributed by atoms with Gasteiger partial charge in [0.15, 0.2) is 0 Å². The van der Waals surface area contributed by atoms with Crippen LogP contribution in [0.4, 0.5) is 14.9 Å². The Morgan fingerprint density at radius 3 is 2.47 bits per heavy atom. The number of primary amides is 1. The molecule has 1 rings (SSSR count). The lowest BCUT2D eigenvalue weighted by atomic mass is 10.2. The second-order valence-electron chi connectivity index (χ2n) is 3.72. The van der Waals surface area contributed by atoms with Gasteiger partial charge in [0.1, 0.15) is 11.9 Å². The van der Waals surface area contributed by atoms with E-state index < -0.39 is 29.8 Å². The van der Waals surface area contributed by atoms with Crippen molar-refractivity contribution in [3.63, 3.8) is 0 Å². The first-order valence-electron chi connectivity index (χ1n) is 5.21. The number of rotatable bonds is 4. The van der Waals surface area contributed by atoms with E-state index in [2.05, 4.69) is 10.6 Å². The number of benzene rings is 1. The van der Waals surface area contributed by atoms with E-state index in [0.29, 0.717) is 0 Å². The van der Waals surface area contributed by atoms with E-state index >= 15 is 0 Å². The molecule has 0 aliphatic rings. The minimum absolute atomic E-state index is 0.187. The summed E-state index contributed by atoms with van der Waals surface area (Å²) >= 11 is 0. The predicted octanol–water partition coefficient (Wildman–Crippen LogP) is 0.519. The lowest BCUT2D eigenvalue weighted by molar-refractivity contribution is -0.117. The smallest absolute Gasteiger partial charge is 0.335 e. The van der Waals surface area contributed by atoms with Crippen LogP contribution in [0.1, 0.15) is 17.3 Å². The van der Waals surface area contributed by atoms with Crippen LogP contribution in [-0.2, 0) is 4.79 Å². The third-order valence-corrected chi connectivity index (χ3v) is 2.23. The summed E-state index contributed by atoms with van der Waals surface area (Å²) in [5, 5.41) is 13.0. The third kappa shape index (κ3) is 3.95. The van der Waals surface area contributed by atoms with E-state index in [1.54, 1.807) is 0 Å². The van der Waals surface area contributed by atoms with Gasteiger partial charge in [-0.3, -0.25) is 4.79 Å². The van der Waals surface area contributed by atoms with Gasteiger partial charge in [0, 0.05) is 0 Å². The Morgan fingerprint density at radius 2 is 2.00 bits per heavy atom. The monoisotopic (exact) mass is 269 g/mol. The van der Waals surface area contributed by atoms with Gasteiger partial charge in [-0.25, -0.2) is 14.0 Å². The number of carboxylic acids is 1. The normalized spacial score (nSPS) is 11.5. The van der Waals surface area contributed by atoms with Crippen LogP contribution in [0, 0.1) is 5.82 Å². The topological polar surface area (TPSA) is 122 Å². The summed E-state index contributed by atoms with van der Waals surface area (Å²) in [6, 6.07) is 1.21. The summed E-state index contributed by atoms with van der Waals surface area (Å²) in [5.74, 6) is -2.85. The number of amides is 3. The fourth-order valence-electron chi connectivity index (χ4n) is 1.27. The number of aromatic carboxylic acids is 1. The van der Waals surface area contributed by atoms with Crippen molar-refractivity contribution in [1.29, 1.82) is 0 Å². The molecule has 1 unspecified atom stereocenters. The first-order chi connectivity index (χ1) is 8.81. The van der Waals surface area contributed by atoms with Gasteiger partial charge >= 0.3 is 12.0 Å². The molecular weight excluding hydrogens is 257 g/mol. The van der Waals surface area contributed by atoms with Crippen molar-refractivity contribution in [2.45, 2.75) is 13.0 Å². The van der Waals surface area contributed by atoms with Crippen LogP contribution in [0.2, 0.25) is 0 Å². The molecule has 0 spiro atoms. The van der Waals surface area contributed by atoms with E-state index in [1.807, 2.05) is 0 Å². The van der Waals surface area contributed by atoms with E-state index in [4.69, 9.17) is 10.8 Å². The number of halogens is 1. The van der Waals surface area contributed by atoms with Crippen molar-refractivity contribution < 1.29 is 23.9 Å². The Bertz CT molecular complexity index is 533. The molecule has 0 aliphatic heterocycles. The quantitative estimate of drug-likeness (QED) is 0.636. The highest BCUT2D eigenvalue weighted by atomic mass is 19.1. The number of nitrogens with two attached hydrogens (primary N) is 1. The molecule has 0 fully saturated rings. The molecule has 7 nitrogen and oxygen atoms in total. The fraction of sp³-hybridized carbons (Fsp3) is 0.182. The summed E-state index contributed by atoms with van der Waals surface area (Å²) in [4.78, 5) is 32.7. The molecule has 0 radical (unpaired) electrons. The summed E-state index contributed by atoms with van der Waals surface area (Å²) in [7, 11) is 0. The summed E-state index contributed by atoms with van der Waals surface area (Å²) in [5.41, 5.74) is 4.41. The Morgan fingerprint density at radius 1 is 1.37 bits per heavy atom. The maximum absolute atomic E-state index is 13.5. The molecule has 102 valence electrons. The van der Waals surface area contributed by atoms with Gasteiger partial charge in [-0.05, 0) is 25.1 Å². The van der Waals surface area contributed by atoms with Crippen LogP contribution in [0.15, 0.2) is 18.2 Å². The molecule has 1 aromatic rings. The van der Waals surface area contributed by atoms with E-state index in [-0.39, 0.29) is 11.3 Å². The highest BCUT2D eigenvalue weighted by Crippen LogP contribution is 2.16. The molecule has 0 aromatic heterocycles. The highest BCUT2D eigenvalue weighted by molar-refractivity contribution is 5.97. The number of urea groups is 1. The van der Waals surface area contributed by atoms with Gasteiger partial charge in [0.05, 0.1) is 11.3 Å². The van der Waals surface area contributed by atoms with Crippen LogP contribution < -0.4 is 16.4 Å². The van der Waals surface area contributed by atoms with Crippen molar-refractivity contribution in [3.05, 3.63) is 29.6 Å². The number of anilines is 1. The Kier molecular flexibility index (Phi) is 4.41. The molecular formula is C11H12FN3O4. The number of carbonyl (C=O) groups is 3. The summed E-state index contributed by atoms with van der Waals surface area (Å²) < 4.78 is 13.5. The van der Waals surface area contributed by atoms with Crippen LogP contribution in [0.25, 0.3) is 0 Å². The van der Waals surface area contributed by atoms with Gasteiger partial charge in [-0.2, -0.15) is 0 Å². The number of hydrogen-bond acceptors (Lipinski definition) is 3. The minimum Gasteiger partial charge on any atom is -0.478 e. The molecule has 0 heterocycles. The minimum atomic E-state index is -1.28. The molecule has 1 atom stereocenters. The number of carbonyl (C=O) groups excluding carboxylic acids is 2. The van der Waals surface area contributed by atoms with Crippen molar-refractivity contribution >= 4 is 23.6 Å². The molecule has 1 aromatic carbocycles. The lowest BCUT2D eigenvalue weighted by Gasteiger charge is -2.13. The zero-order valence-electron chi connectivity index (χ0n) is 9.94. The van der Waals surface area contributed by atoms with Crippen molar-refractivity contribution in [3.8, 4) is 0 Å². The zero-order chi connectivity index (χ0) is 14.6. The van der Waals surface area contributed by atoms with E-state index in [0.717, 1.165) is 18.2 Å². The number of carboxylic acid groups (broad SMARTS) is 1. The summed E-state index contributed by atoms with van der Waals surface area (Å²) in [6.07, 6.45) is 0. The zero-order valence-corrected chi connectivity index (χ0v) is 9.94. The maximum Gasteiger partial charge on any atom is 0.335 e. The number of nitrogens with one attached hydrogen (secondary N) is 2. The van der Waals surface area contributed by atoms with Crippen LogP contribution in [0.3, 0.4) is 0 Å². The van der Waals surface area contributed by atoms with Crippen molar-refractivity contribution in [2.75, 3.05) is 5.32 Å². The van der Waals surface area contributed by atoms with Gasteiger partial charge in [-0.15, -0.1) is 0 Å². The molecule has 3 amide bonds. The van der Waals surface area contributed by atoms with Crippen LogP contribution in [-0.4, -0.2) is 29.1 Å². The standard InChI is InChI=1S/C11H12FN3O4/c1-5(14-11(13)19)9(16)15-8-3-2-6(10(17)18)4-7(8)12/h2-5H,1H3,(H,15,16)(H,17,18)(H3,13,14,19). The van der Waals surface area contributed by atoms with Crippen molar-refractivity contribution in [2.24, 2.45) is 5.73 Å². The van der Waals surface area contributed by atoms with Crippen molar-refractivity contribution in [1.82, 2.24) is 5.32 Å². The first-order valence-corrected chi connectivity index (χ1v) is 5.21. The van der Waals surface area contributed by atoms with Crippen LogP contribution in [0.5, 0.6) is 0 Å². The van der Waals surface area contributed by atoms with Gasteiger partial charge in [0.25, 0.3) is 0 Å². The Labute approximate surface area is 107 Å². The SMILES string of the molecule is CC(NC(N)=O)C(=O)Nc1ccc(C(=O)O)cc1F. The van der Waals surface area contributed by atoms with Crippen LogP contribution >= 0.6 is 0 Å². The molecule has 0 saturated heterocycles. The first kappa shape index (κ1) is 14.4. The Hall–Kier alpha value is -2.64. The largest absolute Gasteiger partial charge is 0.478 e. The van der Waals surface area contributed by atoms with Gasteiger partial charge < -0.3 is 21.5 Å². The molecule has 0 saturated carbocycles. The lowest BCUT2D eigenvalue weighted by Crippen LogP contribution is -2.44. The molecule has 8 heteroatoms. The summed E-state index contributed by atoms with van der Waals surface area (Å²) in [6.45, 7) is 1.36. The molecule has 19 heavy (non-hydrogen) atoms. The molecule has 0 bridgehead atoms. The average Bonchev–Trinajstić information content (AvgIpc) is 2.30. The van der Waals surface area contributed by atoms with Gasteiger partial charge in [0.2, 0.25) is 5.91 Å². The fourth-order valence-corrected chi connectivity index (χ4v) is 1.27. The third-order valence-electron chi connectivity index (χ3n) is 2.23. The molecule has 0 aliphatic carbocycles. The predicted molar refractivity (Wildman–Crippen MR) is 64.2 cm³/mol. The van der Waals surface area contributed by atoms with E-state index in [9.17, 15) is 18.8 Å². The highest BCUT2D eigenvalue weighted by Gasteiger charge is 2.16. The second kappa shape index (κ2) is 5.80. The van der Waals surface area contributed by atoms with Gasteiger partial charge in [-0.1, -0.05) is 0 Å². The van der Waals surface area contributed by atoms with E-state index in [1.165, 1.54) is 6.92 Å². The average molecular weight is 269 g/mol. The second-order valence-corrected chi connectivity index (χ2v) is 3.72. The number of hydrogen-bond donors (Lipinski definition) is 4. The maximum atomic E-state index is 13.5. The Balaban J connectivity index is 2.80. The molecule has 5 N–H and O–H groups in total.